The normalized spacial score (nSPS) is 17.5. The summed E-state index contributed by atoms with van der Waals surface area (Å²) in [5.74, 6) is -1.59. The van der Waals surface area contributed by atoms with Crippen molar-refractivity contribution in [1.82, 2.24) is 0 Å². The largest absolute Gasteiger partial charge is 0.475 e. The van der Waals surface area contributed by atoms with Crippen molar-refractivity contribution in [1.29, 1.82) is 0 Å². The van der Waals surface area contributed by atoms with E-state index in [2.05, 4.69) is 0 Å². The summed E-state index contributed by atoms with van der Waals surface area (Å²) in [4.78, 5) is 10.9. The Morgan fingerprint density at radius 2 is 2.05 bits per heavy atom. The number of hydrogen-bond acceptors (Lipinski definition) is 4. The molecule has 1 aliphatic heterocycles. The molecule has 1 atom stereocenters. The summed E-state index contributed by atoms with van der Waals surface area (Å²) < 4.78 is 32.3. The molecular formula is C15H15NO5S. The van der Waals surface area contributed by atoms with Crippen molar-refractivity contribution < 1.29 is 22.7 Å². The molecule has 0 amide bonds. The quantitative estimate of drug-likeness (QED) is 0.938. The third kappa shape index (κ3) is 2.09. The second kappa shape index (κ2) is 4.88. The summed E-state index contributed by atoms with van der Waals surface area (Å²) >= 11 is 0. The van der Waals surface area contributed by atoms with Gasteiger partial charge in [0.15, 0.2) is 0 Å². The smallest absolute Gasteiger partial charge is 0.371 e. The monoisotopic (exact) mass is 321 g/mol. The zero-order valence-corrected chi connectivity index (χ0v) is 12.9. The van der Waals surface area contributed by atoms with Crippen LogP contribution in [-0.4, -0.2) is 25.5 Å². The van der Waals surface area contributed by atoms with Gasteiger partial charge >= 0.3 is 5.97 Å². The van der Waals surface area contributed by atoms with Crippen LogP contribution in [0, 0.1) is 6.92 Å². The van der Waals surface area contributed by atoms with Gasteiger partial charge in [-0.3, -0.25) is 4.31 Å². The van der Waals surface area contributed by atoms with Crippen LogP contribution in [0.25, 0.3) is 0 Å². The summed E-state index contributed by atoms with van der Waals surface area (Å²) in [6, 6.07) is 8.14. The molecular weight excluding hydrogens is 306 g/mol. The SMILES string of the molecule is Cc1oc(C(=O)O)cc1S(=O)(=O)N1c2ccccc2CC1C. The number of para-hydroxylation sites is 1. The first kappa shape index (κ1) is 14.6. The number of carboxylic acids is 1. The van der Waals surface area contributed by atoms with Gasteiger partial charge in [-0.25, -0.2) is 13.2 Å². The minimum atomic E-state index is -3.87. The van der Waals surface area contributed by atoms with Crippen LogP contribution >= 0.6 is 0 Å². The number of sulfonamides is 1. The van der Waals surface area contributed by atoms with Crippen molar-refractivity contribution in [3.8, 4) is 0 Å². The van der Waals surface area contributed by atoms with Crippen LogP contribution < -0.4 is 4.31 Å². The lowest BCUT2D eigenvalue weighted by atomic mass is 10.1. The van der Waals surface area contributed by atoms with Crippen molar-refractivity contribution in [2.75, 3.05) is 4.31 Å². The number of furan rings is 1. The molecule has 1 unspecified atom stereocenters. The number of anilines is 1. The Morgan fingerprint density at radius 3 is 2.68 bits per heavy atom. The highest BCUT2D eigenvalue weighted by Crippen LogP contribution is 2.37. The van der Waals surface area contributed by atoms with Crippen LogP contribution in [0.1, 0.15) is 28.8 Å². The van der Waals surface area contributed by atoms with E-state index in [-0.39, 0.29) is 22.5 Å². The predicted molar refractivity (Wildman–Crippen MR) is 79.7 cm³/mol. The Hall–Kier alpha value is -2.28. The Balaban J connectivity index is 2.13. The van der Waals surface area contributed by atoms with Gasteiger partial charge in [0.1, 0.15) is 10.7 Å². The molecule has 2 heterocycles. The zero-order chi connectivity index (χ0) is 16.1. The van der Waals surface area contributed by atoms with Crippen LogP contribution in [-0.2, 0) is 16.4 Å². The highest BCUT2D eigenvalue weighted by Gasteiger charge is 2.38. The van der Waals surface area contributed by atoms with E-state index in [9.17, 15) is 13.2 Å². The van der Waals surface area contributed by atoms with Gasteiger partial charge in [0, 0.05) is 12.1 Å². The van der Waals surface area contributed by atoms with Gasteiger partial charge in [-0.1, -0.05) is 18.2 Å². The Morgan fingerprint density at radius 1 is 1.36 bits per heavy atom. The molecule has 0 spiro atoms. The van der Waals surface area contributed by atoms with Gasteiger partial charge < -0.3 is 9.52 Å². The van der Waals surface area contributed by atoms with E-state index in [4.69, 9.17) is 9.52 Å². The van der Waals surface area contributed by atoms with E-state index in [1.165, 1.54) is 11.2 Å². The van der Waals surface area contributed by atoms with E-state index in [1.807, 2.05) is 19.1 Å². The first-order chi connectivity index (χ1) is 10.3. The number of carboxylic acid groups (broad SMARTS) is 1. The molecule has 2 aromatic rings. The first-order valence-corrected chi connectivity index (χ1v) is 8.22. The molecule has 0 aliphatic carbocycles. The van der Waals surface area contributed by atoms with Crippen molar-refractivity contribution >= 4 is 21.7 Å². The molecule has 116 valence electrons. The number of nitrogens with zero attached hydrogens (tertiary/aromatic N) is 1. The minimum Gasteiger partial charge on any atom is -0.475 e. The lowest BCUT2D eigenvalue weighted by molar-refractivity contribution is 0.0661. The lowest BCUT2D eigenvalue weighted by Gasteiger charge is -2.23. The van der Waals surface area contributed by atoms with Crippen LogP contribution in [0.4, 0.5) is 5.69 Å². The molecule has 1 aromatic heterocycles. The third-order valence-electron chi connectivity index (χ3n) is 3.76. The molecule has 0 radical (unpaired) electrons. The van der Waals surface area contributed by atoms with Gasteiger partial charge in [-0.05, 0) is 31.9 Å². The summed E-state index contributed by atoms with van der Waals surface area (Å²) in [7, 11) is -3.87. The highest BCUT2D eigenvalue weighted by molar-refractivity contribution is 7.93. The Bertz CT molecular complexity index is 853. The average molecular weight is 321 g/mol. The van der Waals surface area contributed by atoms with E-state index in [1.54, 1.807) is 12.1 Å². The molecule has 22 heavy (non-hydrogen) atoms. The van der Waals surface area contributed by atoms with Gasteiger partial charge in [-0.2, -0.15) is 0 Å². The number of aryl methyl sites for hydroxylation is 1. The van der Waals surface area contributed by atoms with Gasteiger partial charge in [0.2, 0.25) is 5.76 Å². The molecule has 6 nitrogen and oxygen atoms in total. The first-order valence-electron chi connectivity index (χ1n) is 6.78. The standard InChI is InChI=1S/C15H15NO5S/c1-9-7-11-5-3-4-6-12(11)16(9)22(19,20)14-8-13(15(17)18)21-10(14)2/h3-6,8-9H,7H2,1-2H3,(H,17,18). The van der Waals surface area contributed by atoms with Crippen LogP contribution in [0.15, 0.2) is 39.6 Å². The maximum atomic E-state index is 12.9. The lowest BCUT2D eigenvalue weighted by Crippen LogP contribution is -2.35. The molecule has 1 N–H and O–H groups in total. The van der Waals surface area contributed by atoms with Crippen LogP contribution in [0.5, 0.6) is 0 Å². The molecule has 0 saturated heterocycles. The maximum Gasteiger partial charge on any atom is 0.371 e. The molecule has 0 saturated carbocycles. The molecule has 0 fully saturated rings. The molecule has 1 aliphatic rings. The number of rotatable bonds is 3. The second-order valence-electron chi connectivity index (χ2n) is 5.32. The van der Waals surface area contributed by atoms with E-state index < -0.39 is 16.0 Å². The fraction of sp³-hybridized carbons (Fsp3) is 0.267. The molecule has 7 heteroatoms. The highest BCUT2D eigenvalue weighted by atomic mass is 32.2. The number of carbonyl (C=O) groups is 1. The third-order valence-corrected chi connectivity index (χ3v) is 5.80. The fourth-order valence-electron chi connectivity index (χ4n) is 2.84. The Kier molecular flexibility index (Phi) is 3.25. The summed E-state index contributed by atoms with van der Waals surface area (Å²) in [5, 5.41) is 8.96. The van der Waals surface area contributed by atoms with E-state index >= 15 is 0 Å². The minimum absolute atomic E-state index is 0.0778. The van der Waals surface area contributed by atoms with Gasteiger partial charge in [-0.15, -0.1) is 0 Å². The van der Waals surface area contributed by atoms with Crippen molar-refractivity contribution in [2.24, 2.45) is 0 Å². The predicted octanol–water partition coefficient (Wildman–Crippen LogP) is 2.43. The number of aromatic carboxylic acids is 1. The summed E-state index contributed by atoms with van der Waals surface area (Å²) in [6.45, 7) is 3.27. The number of benzene rings is 1. The Labute approximate surface area is 128 Å². The van der Waals surface area contributed by atoms with Crippen molar-refractivity contribution in [3.63, 3.8) is 0 Å². The van der Waals surface area contributed by atoms with Crippen LogP contribution in [0.2, 0.25) is 0 Å². The van der Waals surface area contributed by atoms with Crippen LogP contribution in [0.3, 0.4) is 0 Å². The van der Waals surface area contributed by atoms with E-state index in [0.29, 0.717) is 12.1 Å². The van der Waals surface area contributed by atoms with Gasteiger partial charge in [0.25, 0.3) is 10.0 Å². The number of fused-ring (bicyclic) bond motifs is 1. The molecule has 1 aromatic carbocycles. The summed E-state index contributed by atoms with van der Waals surface area (Å²) in [6.07, 6.45) is 0.623. The average Bonchev–Trinajstić information content (AvgIpc) is 2.98. The van der Waals surface area contributed by atoms with E-state index in [0.717, 1.165) is 11.6 Å². The van der Waals surface area contributed by atoms with Gasteiger partial charge in [0.05, 0.1) is 5.69 Å². The number of hydrogen-bond donors (Lipinski definition) is 1. The van der Waals surface area contributed by atoms with Crippen molar-refractivity contribution in [2.45, 2.75) is 31.2 Å². The van der Waals surface area contributed by atoms with Crippen molar-refractivity contribution in [3.05, 3.63) is 47.4 Å². The fourth-order valence-corrected chi connectivity index (χ4v) is 4.69. The summed E-state index contributed by atoms with van der Waals surface area (Å²) in [5.41, 5.74) is 1.59. The maximum absolute atomic E-state index is 12.9. The zero-order valence-electron chi connectivity index (χ0n) is 12.1. The molecule has 3 rings (SSSR count). The topological polar surface area (TPSA) is 87.8 Å². The second-order valence-corrected chi connectivity index (χ2v) is 7.10. The molecule has 0 bridgehead atoms.